The van der Waals surface area contributed by atoms with Crippen LogP contribution in [0.15, 0.2) is 66.9 Å². The fraction of sp³-hybridized carbons (Fsp3) is 0.190. The molecule has 0 spiro atoms. The summed E-state index contributed by atoms with van der Waals surface area (Å²) in [5.74, 6) is 1.07. The van der Waals surface area contributed by atoms with Crippen molar-refractivity contribution in [3.8, 4) is 11.5 Å². The maximum absolute atomic E-state index is 13.0. The van der Waals surface area contributed by atoms with Crippen molar-refractivity contribution in [2.45, 2.75) is 19.7 Å². The van der Waals surface area contributed by atoms with Crippen molar-refractivity contribution < 1.29 is 13.9 Å². The van der Waals surface area contributed by atoms with Crippen LogP contribution in [0.2, 0.25) is 0 Å². The molecule has 3 aromatic rings. The average Bonchev–Trinajstić information content (AvgIpc) is 2.69. The van der Waals surface area contributed by atoms with E-state index >= 15 is 0 Å². The Bertz CT molecular complexity index is 823. The Labute approximate surface area is 152 Å². The number of hydrogen-bond donors (Lipinski definition) is 1. The van der Waals surface area contributed by atoms with Crippen LogP contribution in [-0.2, 0) is 19.7 Å². The normalized spacial score (nSPS) is 10.5. The Morgan fingerprint density at radius 3 is 2.46 bits per heavy atom. The number of methoxy groups -OCH3 is 1. The molecule has 0 aliphatic carbocycles. The number of ether oxygens (including phenoxy) is 2. The number of aromatic nitrogens is 1. The topological polar surface area (TPSA) is 43.4 Å². The first-order valence-electron chi connectivity index (χ1n) is 8.39. The zero-order valence-electron chi connectivity index (χ0n) is 14.6. The summed E-state index contributed by atoms with van der Waals surface area (Å²) in [4.78, 5) is 4.29. The van der Waals surface area contributed by atoms with Gasteiger partial charge in [0.15, 0.2) is 11.5 Å². The van der Waals surface area contributed by atoms with Crippen LogP contribution in [0.4, 0.5) is 4.39 Å². The quantitative estimate of drug-likeness (QED) is 0.663. The van der Waals surface area contributed by atoms with Crippen LogP contribution >= 0.6 is 0 Å². The van der Waals surface area contributed by atoms with Gasteiger partial charge in [-0.2, -0.15) is 0 Å². The Morgan fingerprint density at radius 1 is 0.923 bits per heavy atom. The van der Waals surface area contributed by atoms with Gasteiger partial charge in [-0.1, -0.05) is 24.3 Å². The summed E-state index contributed by atoms with van der Waals surface area (Å²) in [6.45, 7) is 1.76. The first-order chi connectivity index (χ1) is 12.7. The molecule has 0 amide bonds. The predicted octanol–water partition coefficient (Wildman–Crippen LogP) is 4.10. The lowest BCUT2D eigenvalue weighted by atomic mass is 10.2. The zero-order valence-corrected chi connectivity index (χ0v) is 14.6. The summed E-state index contributed by atoms with van der Waals surface area (Å²) in [5.41, 5.74) is 2.99. The lowest BCUT2D eigenvalue weighted by Gasteiger charge is -2.13. The van der Waals surface area contributed by atoms with Crippen molar-refractivity contribution in [3.05, 3.63) is 89.5 Å². The van der Waals surface area contributed by atoms with Gasteiger partial charge in [-0.05, 0) is 47.5 Å². The Hall–Kier alpha value is -2.92. The molecule has 2 aromatic carbocycles. The van der Waals surface area contributed by atoms with Gasteiger partial charge in [0, 0.05) is 19.3 Å². The van der Waals surface area contributed by atoms with Crippen LogP contribution in [0.5, 0.6) is 11.5 Å². The highest BCUT2D eigenvalue weighted by Gasteiger charge is 2.07. The Balaban J connectivity index is 1.57. The summed E-state index contributed by atoms with van der Waals surface area (Å²) >= 11 is 0. The monoisotopic (exact) mass is 352 g/mol. The zero-order chi connectivity index (χ0) is 18.2. The maximum Gasteiger partial charge on any atom is 0.161 e. The van der Waals surface area contributed by atoms with Crippen LogP contribution in [-0.4, -0.2) is 12.1 Å². The number of rotatable bonds is 8. The van der Waals surface area contributed by atoms with Gasteiger partial charge >= 0.3 is 0 Å². The summed E-state index contributed by atoms with van der Waals surface area (Å²) in [6.07, 6.45) is 1.79. The second-order valence-electron chi connectivity index (χ2n) is 5.82. The van der Waals surface area contributed by atoms with Gasteiger partial charge in [-0.15, -0.1) is 0 Å². The first kappa shape index (κ1) is 17.9. The van der Waals surface area contributed by atoms with Crippen molar-refractivity contribution >= 4 is 0 Å². The number of benzene rings is 2. The molecule has 3 rings (SSSR count). The minimum atomic E-state index is -0.256. The second-order valence-corrected chi connectivity index (χ2v) is 5.82. The number of pyridine rings is 1. The minimum absolute atomic E-state index is 0.256. The molecule has 0 unspecified atom stereocenters. The molecule has 0 atom stereocenters. The standard InChI is InChI=1S/C21H21FN2O2/c1-25-21-12-17(13-23-14-19-4-2-3-11-24-19)7-10-20(21)26-15-16-5-8-18(22)9-6-16/h2-12,23H,13-15H2,1H3. The fourth-order valence-corrected chi connectivity index (χ4v) is 2.52. The Morgan fingerprint density at radius 2 is 1.73 bits per heavy atom. The molecular formula is C21H21FN2O2. The number of nitrogens with one attached hydrogen (secondary N) is 1. The van der Waals surface area contributed by atoms with E-state index in [1.54, 1.807) is 25.4 Å². The molecule has 5 heteroatoms. The van der Waals surface area contributed by atoms with Crippen LogP contribution in [0.3, 0.4) is 0 Å². The first-order valence-corrected chi connectivity index (χ1v) is 8.39. The van der Waals surface area contributed by atoms with Crippen molar-refractivity contribution in [1.29, 1.82) is 0 Å². The molecule has 0 aliphatic heterocycles. The van der Waals surface area contributed by atoms with Crippen molar-refractivity contribution in [2.24, 2.45) is 0 Å². The van der Waals surface area contributed by atoms with Gasteiger partial charge in [-0.25, -0.2) is 4.39 Å². The molecule has 0 saturated carbocycles. The molecule has 0 radical (unpaired) electrons. The Kier molecular flexibility index (Phi) is 6.17. The summed E-state index contributed by atoms with van der Waals surface area (Å²) in [6, 6.07) is 18.0. The van der Waals surface area contributed by atoms with Crippen LogP contribution < -0.4 is 14.8 Å². The molecule has 134 valence electrons. The molecule has 0 bridgehead atoms. The lowest BCUT2D eigenvalue weighted by molar-refractivity contribution is 0.284. The molecule has 4 nitrogen and oxygen atoms in total. The summed E-state index contributed by atoms with van der Waals surface area (Å²) in [7, 11) is 1.62. The van der Waals surface area contributed by atoms with E-state index in [-0.39, 0.29) is 5.82 Å². The van der Waals surface area contributed by atoms with Crippen LogP contribution in [0.1, 0.15) is 16.8 Å². The minimum Gasteiger partial charge on any atom is -0.493 e. The van der Waals surface area contributed by atoms with E-state index in [2.05, 4.69) is 10.3 Å². The largest absolute Gasteiger partial charge is 0.493 e. The highest BCUT2D eigenvalue weighted by atomic mass is 19.1. The van der Waals surface area contributed by atoms with Gasteiger partial charge < -0.3 is 14.8 Å². The van der Waals surface area contributed by atoms with Gasteiger partial charge in [-0.3, -0.25) is 4.98 Å². The van der Waals surface area contributed by atoms with Gasteiger partial charge in [0.25, 0.3) is 0 Å². The van der Waals surface area contributed by atoms with Crippen LogP contribution in [0, 0.1) is 5.82 Å². The maximum atomic E-state index is 13.0. The number of halogens is 1. The molecule has 1 aromatic heterocycles. The van der Waals surface area contributed by atoms with E-state index in [9.17, 15) is 4.39 Å². The lowest BCUT2D eigenvalue weighted by Crippen LogP contribution is -2.13. The van der Waals surface area contributed by atoms with Crippen molar-refractivity contribution in [3.63, 3.8) is 0 Å². The predicted molar refractivity (Wildman–Crippen MR) is 98.5 cm³/mol. The van der Waals surface area contributed by atoms with Crippen molar-refractivity contribution in [2.75, 3.05) is 7.11 Å². The van der Waals surface area contributed by atoms with Crippen LogP contribution in [0.25, 0.3) is 0 Å². The SMILES string of the molecule is COc1cc(CNCc2ccccn2)ccc1OCc1ccc(F)cc1. The molecular weight excluding hydrogens is 331 g/mol. The average molecular weight is 352 g/mol. The third-order valence-electron chi connectivity index (χ3n) is 3.90. The number of hydrogen-bond acceptors (Lipinski definition) is 4. The molecule has 1 N–H and O–H groups in total. The molecule has 0 aliphatic rings. The smallest absolute Gasteiger partial charge is 0.161 e. The third-order valence-corrected chi connectivity index (χ3v) is 3.90. The van der Waals surface area contributed by atoms with E-state index < -0.39 is 0 Å². The fourth-order valence-electron chi connectivity index (χ4n) is 2.52. The summed E-state index contributed by atoms with van der Waals surface area (Å²) in [5, 5.41) is 3.36. The van der Waals surface area contributed by atoms with E-state index in [0.29, 0.717) is 31.2 Å². The van der Waals surface area contributed by atoms with E-state index in [1.165, 1.54) is 12.1 Å². The molecule has 0 fully saturated rings. The van der Waals surface area contributed by atoms with E-state index in [4.69, 9.17) is 9.47 Å². The highest BCUT2D eigenvalue weighted by Crippen LogP contribution is 2.28. The van der Waals surface area contributed by atoms with Gasteiger partial charge in [0.2, 0.25) is 0 Å². The van der Waals surface area contributed by atoms with E-state index in [1.807, 2.05) is 36.4 Å². The second kappa shape index (κ2) is 8.97. The number of nitrogens with zero attached hydrogens (tertiary/aromatic N) is 1. The highest BCUT2D eigenvalue weighted by molar-refractivity contribution is 5.43. The molecule has 1 heterocycles. The molecule has 0 saturated heterocycles. The van der Waals surface area contributed by atoms with Crippen molar-refractivity contribution in [1.82, 2.24) is 10.3 Å². The van der Waals surface area contributed by atoms with E-state index in [0.717, 1.165) is 16.8 Å². The third kappa shape index (κ3) is 5.04. The summed E-state index contributed by atoms with van der Waals surface area (Å²) < 4.78 is 24.2. The molecule has 26 heavy (non-hydrogen) atoms. The van der Waals surface area contributed by atoms with Gasteiger partial charge in [0.1, 0.15) is 12.4 Å². The van der Waals surface area contributed by atoms with Gasteiger partial charge in [0.05, 0.1) is 12.8 Å².